The van der Waals surface area contributed by atoms with Crippen molar-refractivity contribution in [2.24, 2.45) is 0 Å². The second-order valence-electron chi connectivity index (χ2n) is 7.53. The van der Waals surface area contributed by atoms with Gasteiger partial charge < -0.3 is 14.2 Å². The molecule has 168 valence electrons. The number of aryl methyl sites for hydroxylation is 1. The van der Waals surface area contributed by atoms with E-state index in [9.17, 15) is 17.6 Å². The lowest BCUT2D eigenvalue weighted by atomic mass is 9.99. The maximum Gasteiger partial charge on any atom is 0.207 e. The fourth-order valence-electron chi connectivity index (χ4n) is 3.70. The molecule has 0 fully saturated rings. The van der Waals surface area contributed by atoms with Gasteiger partial charge in [0.25, 0.3) is 0 Å². The molecule has 0 saturated carbocycles. The molecule has 1 aliphatic rings. The van der Waals surface area contributed by atoms with Crippen LogP contribution in [0.1, 0.15) is 42.5 Å². The van der Waals surface area contributed by atoms with Crippen molar-refractivity contribution in [1.82, 2.24) is 0 Å². The van der Waals surface area contributed by atoms with Gasteiger partial charge in [0.05, 0.1) is 6.61 Å². The summed E-state index contributed by atoms with van der Waals surface area (Å²) in [5, 5.41) is 0. The quantitative estimate of drug-likeness (QED) is 0.290. The van der Waals surface area contributed by atoms with Crippen molar-refractivity contribution in [3.05, 3.63) is 81.9 Å². The molecule has 3 nitrogen and oxygen atoms in total. The van der Waals surface area contributed by atoms with E-state index in [-0.39, 0.29) is 48.4 Å². The largest absolute Gasteiger partial charge is 0.491 e. The molecule has 0 aromatic heterocycles. The standard InChI is InChI=1S/C25H22F4O3/c1-3-5-15-7-6-14(10-18(15)26)13-31-20-12-17-11-16-8-9-19(30-4-2)22(28)24(16)32-25(17)23(29)21(20)27/h6-10,12H,3-5,11,13H2,1-2H3. The fraction of sp³-hybridized carbons (Fsp3) is 0.280. The molecule has 1 aliphatic heterocycles. The molecule has 0 N–H and O–H groups in total. The van der Waals surface area contributed by atoms with Gasteiger partial charge in [0.1, 0.15) is 12.4 Å². The lowest BCUT2D eigenvalue weighted by molar-refractivity contribution is 0.278. The zero-order valence-corrected chi connectivity index (χ0v) is 17.7. The van der Waals surface area contributed by atoms with Crippen molar-refractivity contribution in [3.63, 3.8) is 0 Å². The maximum atomic E-state index is 14.8. The SMILES string of the molecule is CCCc1ccc(COc2cc3c(c(F)c2F)Oc2c(ccc(OCC)c2F)C3)cc1F. The van der Waals surface area contributed by atoms with E-state index in [2.05, 4.69) is 0 Å². The van der Waals surface area contributed by atoms with Gasteiger partial charge in [-0.05, 0) is 42.7 Å². The monoisotopic (exact) mass is 446 g/mol. The number of benzene rings is 3. The van der Waals surface area contributed by atoms with Gasteiger partial charge in [0.15, 0.2) is 23.0 Å². The van der Waals surface area contributed by atoms with Crippen LogP contribution < -0.4 is 14.2 Å². The molecule has 0 unspecified atom stereocenters. The van der Waals surface area contributed by atoms with Gasteiger partial charge in [0, 0.05) is 17.5 Å². The van der Waals surface area contributed by atoms with Crippen LogP contribution in [0.15, 0.2) is 36.4 Å². The van der Waals surface area contributed by atoms with Crippen molar-refractivity contribution in [2.75, 3.05) is 6.61 Å². The minimum atomic E-state index is -1.27. The third-order valence-electron chi connectivity index (χ3n) is 5.26. The molecular weight excluding hydrogens is 424 g/mol. The third kappa shape index (κ3) is 4.11. The van der Waals surface area contributed by atoms with Gasteiger partial charge in [0.2, 0.25) is 17.5 Å². The minimum Gasteiger partial charge on any atom is -0.491 e. The number of hydrogen-bond donors (Lipinski definition) is 0. The van der Waals surface area contributed by atoms with Crippen molar-refractivity contribution in [2.45, 2.75) is 39.7 Å². The lowest BCUT2D eigenvalue weighted by Gasteiger charge is -2.23. The molecule has 1 heterocycles. The zero-order chi connectivity index (χ0) is 22.8. The molecule has 0 saturated heterocycles. The van der Waals surface area contributed by atoms with Crippen molar-refractivity contribution < 1.29 is 31.8 Å². The number of halogens is 4. The average molecular weight is 446 g/mol. The zero-order valence-electron chi connectivity index (χ0n) is 17.7. The molecule has 7 heteroatoms. The normalized spacial score (nSPS) is 12.1. The Hall–Kier alpha value is -3.22. The summed E-state index contributed by atoms with van der Waals surface area (Å²) in [7, 11) is 0. The predicted molar refractivity (Wildman–Crippen MR) is 112 cm³/mol. The summed E-state index contributed by atoms with van der Waals surface area (Å²) in [4.78, 5) is 0. The highest BCUT2D eigenvalue weighted by molar-refractivity contribution is 5.55. The van der Waals surface area contributed by atoms with Gasteiger partial charge in [-0.25, -0.2) is 4.39 Å². The second-order valence-corrected chi connectivity index (χ2v) is 7.53. The Labute approximate surface area is 183 Å². The first-order chi connectivity index (χ1) is 15.4. The van der Waals surface area contributed by atoms with Gasteiger partial charge in [-0.2, -0.15) is 13.2 Å². The van der Waals surface area contributed by atoms with Crippen molar-refractivity contribution >= 4 is 0 Å². The summed E-state index contributed by atoms with van der Waals surface area (Å²) in [6.07, 6.45) is 1.56. The smallest absolute Gasteiger partial charge is 0.207 e. The highest BCUT2D eigenvalue weighted by atomic mass is 19.2. The van der Waals surface area contributed by atoms with E-state index in [0.717, 1.165) is 6.42 Å². The number of ether oxygens (including phenoxy) is 3. The van der Waals surface area contributed by atoms with Crippen LogP contribution in [-0.2, 0) is 19.4 Å². The van der Waals surface area contributed by atoms with E-state index in [1.807, 2.05) is 6.92 Å². The molecule has 4 rings (SSSR count). The maximum absolute atomic E-state index is 14.8. The van der Waals surface area contributed by atoms with Gasteiger partial charge >= 0.3 is 0 Å². The van der Waals surface area contributed by atoms with E-state index in [0.29, 0.717) is 28.7 Å². The topological polar surface area (TPSA) is 27.7 Å². The summed E-state index contributed by atoms with van der Waals surface area (Å²) < 4.78 is 74.2. The fourth-order valence-corrected chi connectivity index (χ4v) is 3.70. The van der Waals surface area contributed by atoms with E-state index in [1.54, 1.807) is 25.1 Å². The van der Waals surface area contributed by atoms with Crippen molar-refractivity contribution in [3.8, 4) is 23.0 Å². The lowest BCUT2D eigenvalue weighted by Crippen LogP contribution is -2.10. The van der Waals surface area contributed by atoms with Gasteiger partial charge in [-0.15, -0.1) is 0 Å². The van der Waals surface area contributed by atoms with E-state index in [1.165, 1.54) is 18.2 Å². The molecule has 0 radical (unpaired) electrons. The van der Waals surface area contributed by atoms with E-state index in [4.69, 9.17) is 14.2 Å². The Kier molecular flexibility index (Phi) is 6.26. The summed E-state index contributed by atoms with van der Waals surface area (Å²) in [6.45, 7) is 3.78. The second kappa shape index (κ2) is 9.10. The first-order valence-electron chi connectivity index (χ1n) is 10.5. The Morgan fingerprint density at radius 2 is 1.59 bits per heavy atom. The van der Waals surface area contributed by atoms with Crippen LogP contribution in [0.4, 0.5) is 17.6 Å². The van der Waals surface area contributed by atoms with Gasteiger partial charge in [-0.3, -0.25) is 0 Å². The summed E-state index contributed by atoms with van der Waals surface area (Å²) in [5.74, 6) is -4.55. The molecule has 3 aromatic rings. The van der Waals surface area contributed by atoms with Crippen LogP contribution in [0.2, 0.25) is 0 Å². The molecule has 0 spiro atoms. The molecule has 0 amide bonds. The number of rotatable bonds is 7. The minimum absolute atomic E-state index is 0.0206. The van der Waals surface area contributed by atoms with Crippen LogP contribution in [0.5, 0.6) is 23.0 Å². The summed E-state index contributed by atoms with van der Waals surface area (Å²) in [5.41, 5.74) is 1.88. The molecule has 0 aliphatic carbocycles. The Bertz CT molecular complexity index is 1160. The van der Waals surface area contributed by atoms with E-state index < -0.39 is 17.5 Å². The van der Waals surface area contributed by atoms with E-state index >= 15 is 0 Å². The van der Waals surface area contributed by atoms with Gasteiger partial charge in [-0.1, -0.05) is 31.5 Å². The Balaban J connectivity index is 1.58. The van der Waals surface area contributed by atoms with Crippen LogP contribution in [0.3, 0.4) is 0 Å². The summed E-state index contributed by atoms with van der Waals surface area (Å²) in [6, 6.07) is 9.10. The molecule has 0 atom stereocenters. The van der Waals surface area contributed by atoms with Crippen LogP contribution in [0.25, 0.3) is 0 Å². The molecule has 0 bridgehead atoms. The van der Waals surface area contributed by atoms with Crippen molar-refractivity contribution in [1.29, 1.82) is 0 Å². The Morgan fingerprint density at radius 1 is 0.812 bits per heavy atom. The average Bonchev–Trinajstić information content (AvgIpc) is 2.78. The Morgan fingerprint density at radius 3 is 2.31 bits per heavy atom. The third-order valence-corrected chi connectivity index (χ3v) is 5.26. The molecule has 32 heavy (non-hydrogen) atoms. The highest BCUT2D eigenvalue weighted by Crippen LogP contribution is 2.44. The highest BCUT2D eigenvalue weighted by Gasteiger charge is 2.29. The molecule has 3 aromatic carbocycles. The van der Waals surface area contributed by atoms with Crippen LogP contribution in [-0.4, -0.2) is 6.61 Å². The van der Waals surface area contributed by atoms with Crippen LogP contribution >= 0.6 is 0 Å². The van der Waals surface area contributed by atoms with Crippen LogP contribution in [0, 0.1) is 23.3 Å². The first kappa shape index (κ1) is 22.0. The number of hydrogen-bond acceptors (Lipinski definition) is 3. The number of fused-ring (bicyclic) bond motifs is 2. The predicted octanol–water partition coefficient (Wildman–Crippen LogP) is 6.87. The molecular formula is C25H22F4O3. The first-order valence-corrected chi connectivity index (χ1v) is 10.5. The summed E-state index contributed by atoms with van der Waals surface area (Å²) >= 11 is 0.